The predicted molar refractivity (Wildman–Crippen MR) is 158 cm³/mol. The summed E-state index contributed by atoms with van der Waals surface area (Å²) in [5.74, 6) is -2.49. The Hall–Kier alpha value is -4.21. The number of amides is 2. The van der Waals surface area contributed by atoms with Gasteiger partial charge in [0.1, 0.15) is 24.4 Å². The van der Waals surface area contributed by atoms with Crippen LogP contribution in [0.2, 0.25) is 5.02 Å². The first kappa shape index (κ1) is 31.3. The van der Waals surface area contributed by atoms with Gasteiger partial charge in [-0.2, -0.15) is 5.10 Å². The number of carbonyl (C=O) groups is 3. The van der Waals surface area contributed by atoms with Crippen LogP contribution in [0, 0.1) is 19.7 Å². The number of carbonyl (C=O) groups excluding carboxylic acids is 2. The molecule has 0 fully saturated rings. The lowest BCUT2D eigenvalue weighted by molar-refractivity contribution is -0.138. The summed E-state index contributed by atoms with van der Waals surface area (Å²) < 4.78 is 15.0. The zero-order valence-electron chi connectivity index (χ0n) is 22.7. The molecule has 8 nitrogen and oxygen atoms in total. The van der Waals surface area contributed by atoms with Crippen molar-refractivity contribution in [1.29, 1.82) is 0 Å². The molecule has 11 heteroatoms. The molecule has 0 bridgehead atoms. The van der Waals surface area contributed by atoms with Crippen LogP contribution in [0.15, 0.2) is 85.2 Å². The topological polar surface area (TPSA) is 95.7 Å². The minimum Gasteiger partial charge on any atom is -0.480 e. The zero-order chi connectivity index (χ0) is 30.1. The van der Waals surface area contributed by atoms with Crippen LogP contribution in [0.25, 0.3) is 0 Å². The number of aryl methyl sites for hydroxylation is 2. The Balaban J connectivity index is 0.000000228. The Bertz CT molecular complexity index is 1480. The zero-order valence-corrected chi connectivity index (χ0v) is 24.2. The van der Waals surface area contributed by atoms with E-state index in [4.69, 9.17) is 23.2 Å². The van der Waals surface area contributed by atoms with Crippen molar-refractivity contribution in [3.63, 3.8) is 0 Å². The fourth-order valence-corrected chi connectivity index (χ4v) is 4.41. The van der Waals surface area contributed by atoms with Crippen molar-refractivity contribution in [1.82, 2.24) is 9.78 Å². The molecule has 0 saturated carbocycles. The van der Waals surface area contributed by atoms with E-state index in [1.807, 2.05) is 44.3 Å². The molecule has 214 valence electrons. The molecule has 0 radical (unpaired) electrons. The van der Waals surface area contributed by atoms with Crippen LogP contribution in [0.3, 0.4) is 0 Å². The highest BCUT2D eigenvalue weighted by Crippen LogP contribution is 2.27. The van der Waals surface area contributed by atoms with Gasteiger partial charge in [-0.1, -0.05) is 48.0 Å². The van der Waals surface area contributed by atoms with Crippen LogP contribution in [-0.4, -0.2) is 44.6 Å². The Kier molecular flexibility index (Phi) is 11.0. The van der Waals surface area contributed by atoms with E-state index >= 15 is 0 Å². The second kappa shape index (κ2) is 14.4. The first-order chi connectivity index (χ1) is 19.5. The Morgan fingerprint density at radius 1 is 1.00 bits per heavy atom. The third-order valence-corrected chi connectivity index (χ3v) is 6.65. The fraction of sp³-hybridized carbons (Fsp3) is 0.200. The van der Waals surface area contributed by atoms with Gasteiger partial charge in [-0.05, 0) is 68.3 Å². The van der Waals surface area contributed by atoms with Crippen LogP contribution in [0.4, 0.5) is 15.8 Å². The molecule has 0 aliphatic rings. The number of hydrogen-bond acceptors (Lipinski definition) is 4. The fourth-order valence-electron chi connectivity index (χ4n) is 4.09. The first-order valence-corrected chi connectivity index (χ1v) is 13.4. The maximum atomic E-state index is 13.3. The van der Waals surface area contributed by atoms with Gasteiger partial charge in [0.15, 0.2) is 0 Å². The molecule has 41 heavy (non-hydrogen) atoms. The maximum Gasteiger partial charge on any atom is 0.326 e. The summed E-state index contributed by atoms with van der Waals surface area (Å²) in [5, 5.41) is 13.2. The van der Waals surface area contributed by atoms with Crippen molar-refractivity contribution in [2.24, 2.45) is 0 Å². The second-order valence-electron chi connectivity index (χ2n) is 9.04. The minimum atomic E-state index is -1.18. The highest BCUT2D eigenvalue weighted by atomic mass is 35.5. The predicted octanol–water partition coefficient (Wildman–Crippen LogP) is 6.33. The molecule has 4 aromatic rings. The summed E-state index contributed by atoms with van der Waals surface area (Å²) in [7, 11) is 0. The molecule has 0 aliphatic heterocycles. The highest BCUT2D eigenvalue weighted by molar-refractivity contribution is 6.31. The lowest BCUT2D eigenvalue weighted by Gasteiger charge is -2.27. The lowest BCUT2D eigenvalue weighted by Crippen LogP contribution is -2.43. The van der Waals surface area contributed by atoms with E-state index in [1.54, 1.807) is 46.1 Å². The smallest absolute Gasteiger partial charge is 0.326 e. The van der Waals surface area contributed by atoms with E-state index in [9.17, 15) is 23.9 Å². The molecule has 1 N–H and O–H groups in total. The lowest BCUT2D eigenvalue weighted by atomic mass is 10.1. The van der Waals surface area contributed by atoms with E-state index in [1.165, 1.54) is 19.1 Å². The van der Waals surface area contributed by atoms with Crippen molar-refractivity contribution >= 4 is 52.4 Å². The number of carboxylic acid groups (broad SMARTS) is 1. The summed E-state index contributed by atoms with van der Waals surface area (Å²) >= 11 is 11.5. The average Bonchev–Trinajstić information content (AvgIpc) is 3.48. The molecule has 3 aromatic carbocycles. The van der Waals surface area contributed by atoms with Gasteiger partial charge in [0.05, 0.1) is 10.7 Å². The molecule has 0 saturated heterocycles. The number of aliphatic carboxylic acids is 1. The Morgan fingerprint density at radius 3 is 2.20 bits per heavy atom. The maximum absolute atomic E-state index is 13.3. The Morgan fingerprint density at radius 2 is 1.66 bits per heavy atom. The van der Waals surface area contributed by atoms with E-state index < -0.39 is 23.7 Å². The monoisotopic (exact) mass is 598 g/mol. The third-order valence-electron chi connectivity index (χ3n) is 6.14. The number of carboxylic acids is 1. The molecule has 1 aromatic heterocycles. The van der Waals surface area contributed by atoms with Gasteiger partial charge >= 0.3 is 5.97 Å². The normalized spacial score (nSPS) is 11.2. The first-order valence-electron chi connectivity index (χ1n) is 12.5. The Labute approximate surface area is 247 Å². The summed E-state index contributed by atoms with van der Waals surface area (Å²) in [6.07, 6.45) is 3.51. The molecular formula is C30H29Cl2FN4O4. The van der Waals surface area contributed by atoms with Crippen molar-refractivity contribution < 1.29 is 23.9 Å². The van der Waals surface area contributed by atoms with Gasteiger partial charge in [0.2, 0.25) is 5.91 Å². The van der Waals surface area contributed by atoms with Crippen LogP contribution >= 0.6 is 23.2 Å². The third kappa shape index (κ3) is 7.93. The van der Waals surface area contributed by atoms with Crippen LogP contribution in [0.1, 0.15) is 28.4 Å². The van der Waals surface area contributed by atoms with E-state index in [-0.39, 0.29) is 22.5 Å². The minimum absolute atomic E-state index is 0.0466. The van der Waals surface area contributed by atoms with Crippen LogP contribution in [-0.2, 0) is 16.3 Å². The van der Waals surface area contributed by atoms with E-state index in [2.05, 4.69) is 5.10 Å². The number of alkyl halides is 1. The number of anilines is 2. The van der Waals surface area contributed by atoms with Gasteiger partial charge in [-0.15, -0.1) is 11.6 Å². The molecule has 1 unspecified atom stereocenters. The highest BCUT2D eigenvalue weighted by Gasteiger charge is 2.28. The molecule has 0 aliphatic carbocycles. The summed E-state index contributed by atoms with van der Waals surface area (Å²) in [6, 6.07) is 18.5. The standard InChI is InChI=1S/C16H13ClFNO3.C14H16ClN3O/c1-10(16(21)22)19(12-7-8-14(18)13(17)9-12)15(20)11-5-3-2-4-6-11;1-11-5-3-6-12(2)14(11)18(13(19)9-15)10-17-8-4-7-16-17/h2-10H,1H3,(H,21,22);3-8H,9-10H2,1-2H3. The molecule has 1 heterocycles. The molecule has 4 rings (SSSR count). The van der Waals surface area contributed by atoms with Gasteiger partial charge in [0.25, 0.3) is 5.91 Å². The van der Waals surface area contributed by atoms with Crippen molar-refractivity contribution in [2.45, 2.75) is 33.5 Å². The number of hydrogen-bond donors (Lipinski definition) is 1. The number of halogens is 3. The molecule has 0 spiro atoms. The quantitative estimate of drug-likeness (QED) is 0.239. The van der Waals surface area contributed by atoms with Gasteiger partial charge in [-0.25, -0.2) is 9.18 Å². The van der Waals surface area contributed by atoms with Gasteiger partial charge in [0, 0.05) is 23.6 Å². The summed E-state index contributed by atoms with van der Waals surface area (Å²) in [5.41, 5.74) is 3.55. The van der Waals surface area contributed by atoms with Crippen molar-refractivity contribution in [2.75, 3.05) is 15.7 Å². The number of nitrogens with zero attached hydrogens (tertiary/aromatic N) is 4. The van der Waals surface area contributed by atoms with Crippen LogP contribution in [0.5, 0.6) is 0 Å². The number of para-hydroxylation sites is 1. The number of aromatic nitrogens is 2. The molecular weight excluding hydrogens is 570 g/mol. The second-order valence-corrected chi connectivity index (χ2v) is 9.71. The van der Waals surface area contributed by atoms with Crippen molar-refractivity contribution in [3.05, 3.63) is 113 Å². The summed E-state index contributed by atoms with van der Waals surface area (Å²) in [4.78, 5) is 38.8. The SMILES string of the molecule is CC(C(=O)O)N(C(=O)c1ccccc1)c1ccc(F)c(Cl)c1.Cc1cccc(C)c1N(Cn1cccn1)C(=O)CCl. The number of benzene rings is 3. The summed E-state index contributed by atoms with van der Waals surface area (Å²) in [6.45, 7) is 5.71. The van der Waals surface area contributed by atoms with Gasteiger partial charge < -0.3 is 5.11 Å². The average molecular weight is 599 g/mol. The van der Waals surface area contributed by atoms with Crippen molar-refractivity contribution in [3.8, 4) is 0 Å². The molecule has 2 amide bonds. The largest absolute Gasteiger partial charge is 0.480 e. The number of rotatable bonds is 8. The van der Waals surface area contributed by atoms with E-state index in [0.717, 1.165) is 27.8 Å². The van der Waals surface area contributed by atoms with E-state index in [0.29, 0.717) is 12.2 Å². The van der Waals surface area contributed by atoms with Gasteiger partial charge in [-0.3, -0.25) is 24.1 Å². The molecule has 1 atom stereocenters. The van der Waals surface area contributed by atoms with Crippen LogP contribution < -0.4 is 9.80 Å².